The van der Waals surface area contributed by atoms with Gasteiger partial charge in [-0.2, -0.15) is 0 Å². The fraction of sp³-hybridized carbons (Fsp3) is 0.579. The van der Waals surface area contributed by atoms with E-state index in [0.717, 1.165) is 19.4 Å². The number of likely N-dealkylation sites (tertiary alicyclic amines) is 1. The molecular weight excluding hydrogens is 335 g/mol. The van der Waals surface area contributed by atoms with Gasteiger partial charge in [0, 0.05) is 37.9 Å². The molecule has 1 aromatic carbocycles. The van der Waals surface area contributed by atoms with Gasteiger partial charge in [-0.15, -0.1) is 0 Å². The Kier molecular flexibility index (Phi) is 4.80. The minimum absolute atomic E-state index is 0.0436. The van der Waals surface area contributed by atoms with Crippen LogP contribution in [-0.4, -0.2) is 71.4 Å². The van der Waals surface area contributed by atoms with Crippen molar-refractivity contribution in [3.05, 3.63) is 30.1 Å². The molecule has 4 rings (SSSR count). The van der Waals surface area contributed by atoms with Crippen molar-refractivity contribution in [2.24, 2.45) is 0 Å². The molecule has 6 nitrogen and oxygen atoms in total. The van der Waals surface area contributed by atoms with Gasteiger partial charge in [-0.3, -0.25) is 9.69 Å². The summed E-state index contributed by atoms with van der Waals surface area (Å²) in [7, 11) is 0. The van der Waals surface area contributed by atoms with Crippen LogP contribution in [0, 0.1) is 5.82 Å². The Balaban J connectivity index is 1.28. The van der Waals surface area contributed by atoms with Crippen LogP contribution in [-0.2, 0) is 4.79 Å². The summed E-state index contributed by atoms with van der Waals surface area (Å²) >= 11 is 0. The number of nitrogens with zero attached hydrogens (tertiary/aromatic N) is 3. The van der Waals surface area contributed by atoms with Gasteiger partial charge in [0.2, 0.25) is 5.91 Å². The Labute approximate surface area is 152 Å². The molecule has 2 heterocycles. The number of carbonyl (C=O) groups is 2. The van der Waals surface area contributed by atoms with Gasteiger partial charge in [-0.25, -0.2) is 9.18 Å². The van der Waals surface area contributed by atoms with Crippen LogP contribution in [0.1, 0.15) is 25.7 Å². The summed E-state index contributed by atoms with van der Waals surface area (Å²) in [5, 5.41) is 2.78. The van der Waals surface area contributed by atoms with E-state index in [9.17, 15) is 14.0 Å². The molecule has 140 valence electrons. The number of anilines is 1. The van der Waals surface area contributed by atoms with Gasteiger partial charge in [0.25, 0.3) is 0 Å². The third kappa shape index (κ3) is 3.67. The molecule has 2 saturated heterocycles. The van der Waals surface area contributed by atoms with E-state index >= 15 is 0 Å². The Morgan fingerprint density at radius 3 is 2.23 bits per heavy atom. The number of amides is 3. The molecule has 1 atom stereocenters. The predicted octanol–water partition coefficient (Wildman–Crippen LogP) is 2.13. The molecule has 0 aromatic heterocycles. The highest BCUT2D eigenvalue weighted by atomic mass is 19.1. The standard InChI is InChI=1S/C19H25FN4O2/c20-14-3-5-15(6-4-14)21-19(26)23-12-10-22(11-13-23)18(25)17-2-1-9-24(17)16-7-8-16/h3-6,16-17H,1-2,7-13H2,(H,21,26). The fourth-order valence-corrected chi connectivity index (χ4v) is 3.97. The molecule has 26 heavy (non-hydrogen) atoms. The highest BCUT2D eigenvalue weighted by Crippen LogP contribution is 2.34. The lowest BCUT2D eigenvalue weighted by Gasteiger charge is -2.37. The van der Waals surface area contributed by atoms with Crippen molar-refractivity contribution in [1.29, 1.82) is 0 Å². The van der Waals surface area contributed by atoms with E-state index in [2.05, 4.69) is 10.2 Å². The molecular formula is C19H25FN4O2. The second-order valence-electron chi connectivity index (χ2n) is 7.38. The first-order chi connectivity index (χ1) is 12.6. The normalized spacial score (nSPS) is 24.0. The van der Waals surface area contributed by atoms with Gasteiger partial charge >= 0.3 is 6.03 Å². The average Bonchev–Trinajstić information content (AvgIpc) is 3.39. The first-order valence-corrected chi connectivity index (χ1v) is 9.48. The van der Waals surface area contributed by atoms with Crippen LogP contribution in [0.4, 0.5) is 14.9 Å². The molecule has 0 radical (unpaired) electrons. The van der Waals surface area contributed by atoms with Crippen molar-refractivity contribution in [3.8, 4) is 0 Å². The number of piperazine rings is 1. The summed E-state index contributed by atoms with van der Waals surface area (Å²) in [6, 6.07) is 6.18. The molecule has 2 aliphatic heterocycles. The van der Waals surface area contributed by atoms with Crippen molar-refractivity contribution in [1.82, 2.24) is 14.7 Å². The summed E-state index contributed by atoms with van der Waals surface area (Å²) in [4.78, 5) is 31.2. The SMILES string of the molecule is O=C(Nc1ccc(F)cc1)N1CCN(C(=O)C2CCCN2C2CC2)CC1. The lowest BCUT2D eigenvalue weighted by molar-refractivity contribution is -0.137. The summed E-state index contributed by atoms with van der Waals surface area (Å²) in [5.41, 5.74) is 0.570. The van der Waals surface area contributed by atoms with Crippen LogP contribution in [0.2, 0.25) is 0 Å². The summed E-state index contributed by atoms with van der Waals surface area (Å²) in [5.74, 6) is -0.102. The molecule has 1 unspecified atom stereocenters. The van der Waals surface area contributed by atoms with E-state index in [1.165, 1.54) is 25.0 Å². The number of urea groups is 1. The van der Waals surface area contributed by atoms with Crippen LogP contribution in [0.15, 0.2) is 24.3 Å². The largest absolute Gasteiger partial charge is 0.338 e. The third-order valence-electron chi connectivity index (χ3n) is 5.57. The van der Waals surface area contributed by atoms with E-state index in [4.69, 9.17) is 0 Å². The lowest BCUT2D eigenvalue weighted by atomic mass is 10.1. The number of nitrogens with one attached hydrogen (secondary N) is 1. The van der Waals surface area contributed by atoms with Crippen molar-refractivity contribution in [3.63, 3.8) is 0 Å². The minimum atomic E-state index is -0.331. The van der Waals surface area contributed by atoms with Crippen LogP contribution < -0.4 is 5.32 Å². The van der Waals surface area contributed by atoms with E-state index in [1.807, 2.05) is 4.90 Å². The van der Waals surface area contributed by atoms with E-state index in [-0.39, 0.29) is 23.8 Å². The Bertz CT molecular complexity index is 669. The number of carbonyl (C=O) groups excluding carboxylic acids is 2. The maximum absolute atomic E-state index is 12.9. The first-order valence-electron chi connectivity index (χ1n) is 9.48. The van der Waals surface area contributed by atoms with Crippen LogP contribution in [0.5, 0.6) is 0 Å². The lowest BCUT2D eigenvalue weighted by Crippen LogP contribution is -2.55. The maximum atomic E-state index is 12.9. The number of halogens is 1. The Hall–Kier alpha value is -2.15. The summed E-state index contributed by atoms with van der Waals surface area (Å²) in [6.07, 6.45) is 4.51. The van der Waals surface area contributed by atoms with Gasteiger partial charge < -0.3 is 15.1 Å². The van der Waals surface area contributed by atoms with Gasteiger partial charge in [-0.05, 0) is 56.5 Å². The minimum Gasteiger partial charge on any atom is -0.338 e. The van der Waals surface area contributed by atoms with Gasteiger partial charge in [0.1, 0.15) is 5.82 Å². The molecule has 1 saturated carbocycles. The van der Waals surface area contributed by atoms with E-state index < -0.39 is 0 Å². The zero-order valence-corrected chi connectivity index (χ0v) is 14.9. The molecule has 3 aliphatic rings. The highest BCUT2D eigenvalue weighted by molar-refractivity contribution is 5.89. The van der Waals surface area contributed by atoms with Gasteiger partial charge in [-0.1, -0.05) is 0 Å². The van der Waals surface area contributed by atoms with Crippen molar-refractivity contribution < 1.29 is 14.0 Å². The molecule has 3 amide bonds. The van der Waals surface area contributed by atoms with Crippen molar-refractivity contribution in [2.45, 2.75) is 37.8 Å². The monoisotopic (exact) mass is 360 g/mol. The Morgan fingerprint density at radius 1 is 0.923 bits per heavy atom. The summed E-state index contributed by atoms with van der Waals surface area (Å²) in [6.45, 7) is 3.24. The maximum Gasteiger partial charge on any atom is 0.321 e. The second-order valence-corrected chi connectivity index (χ2v) is 7.38. The predicted molar refractivity (Wildman–Crippen MR) is 96.3 cm³/mol. The van der Waals surface area contributed by atoms with Crippen molar-refractivity contribution in [2.75, 3.05) is 38.0 Å². The van der Waals surface area contributed by atoms with E-state index in [0.29, 0.717) is 37.9 Å². The molecule has 1 aliphatic carbocycles. The van der Waals surface area contributed by atoms with Crippen LogP contribution in [0.25, 0.3) is 0 Å². The smallest absolute Gasteiger partial charge is 0.321 e. The second kappa shape index (κ2) is 7.23. The number of rotatable bonds is 3. The zero-order valence-electron chi connectivity index (χ0n) is 14.9. The van der Waals surface area contributed by atoms with Crippen LogP contribution in [0.3, 0.4) is 0 Å². The Morgan fingerprint density at radius 2 is 1.58 bits per heavy atom. The van der Waals surface area contributed by atoms with Crippen LogP contribution >= 0.6 is 0 Å². The van der Waals surface area contributed by atoms with E-state index in [1.54, 1.807) is 17.0 Å². The fourth-order valence-electron chi connectivity index (χ4n) is 3.97. The molecule has 3 fully saturated rings. The van der Waals surface area contributed by atoms with Crippen molar-refractivity contribution >= 4 is 17.6 Å². The molecule has 7 heteroatoms. The first kappa shape index (κ1) is 17.3. The highest BCUT2D eigenvalue weighted by Gasteiger charge is 2.41. The quantitative estimate of drug-likeness (QED) is 0.898. The zero-order chi connectivity index (χ0) is 18.1. The van der Waals surface area contributed by atoms with Gasteiger partial charge in [0.15, 0.2) is 0 Å². The van der Waals surface area contributed by atoms with Gasteiger partial charge in [0.05, 0.1) is 6.04 Å². The topological polar surface area (TPSA) is 55.9 Å². The molecule has 0 spiro atoms. The molecule has 0 bridgehead atoms. The average molecular weight is 360 g/mol. The number of hydrogen-bond acceptors (Lipinski definition) is 3. The number of hydrogen-bond donors (Lipinski definition) is 1. The number of benzene rings is 1. The summed E-state index contributed by atoms with van der Waals surface area (Å²) < 4.78 is 12.9. The molecule has 1 aromatic rings. The molecule has 1 N–H and O–H groups in total. The third-order valence-corrected chi connectivity index (χ3v) is 5.57.